The van der Waals surface area contributed by atoms with Gasteiger partial charge in [-0.05, 0) is 49.4 Å². The zero-order chi connectivity index (χ0) is 28.2. The number of carboxylic acids is 1. The lowest BCUT2D eigenvalue weighted by Gasteiger charge is -2.38. The van der Waals surface area contributed by atoms with Gasteiger partial charge in [0.2, 0.25) is 0 Å². The van der Waals surface area contributed by atoms with Crippen molar-refractivity contribution in [2.75, 3.05) is 26.7 Å². The molecule has 2 aromatic carbocycles. The Morgan fingerprint density at radius 1 is 1.18 bits per heavy atom. The highest BCUT2D eigenvalue weighted by Gasteiger charge is 2.41. The van der Waals surface area contributed by atoms with Gasteiger partial charge < -0.3 is 14.9 Å². The minimum Gasteiger partial charge on any atom is -0.497 e. The van der Waals surface area contributed by atoms with Crippen molar-refractivity contribution >= 4 is 16.9 Å². The maximum Gasteiger partial charge on any atom is 0.309 e. The number of rotatable bonds is 8. The van der Waals surface area contributed by atoms with Crippen molar-refractivity contribution in [3.05, 3.63) is 70.7 Å². The Labute approximate surface area is 223 Å². The molecule has 3 aromatic rings. The van der Waals surface area contributed by atoms with Crippen LogP contribution in [0.1, 0.15) is 48.5 Å². The number of pyridine rings is 1. The number of ether oxygens (including phenoxy) is 1. The molecule has 206 valence electrons. The van der Waals surface area contributed by atoms with E-state index in [4.69, 9.17) is 4.74 Å². The molecular weight excluding hydrogens is 516 g/mol. The molecule has 6 nitrogen and oxygen atoms in total. The molecule has 1 fully saturated rings. The van der Waals surface area contributed by atoms with E-state index in [2.05, 4.69) is 16.8 Å². The van der Waals surface area contributed by atoms with Gasteiger partial charge >= 0.3 is 5.97 Å². The number of aliphatic carboxylic acids is 1. The van der Waals surface area contributed by atoms with E-state index in [-0.39, 0.29) is 37.8 Å². The molecule has 2 N–H and O–H groups in total. The Morgan fingerprint density at radius 2 is 1.87 bits per heavy atom. The van der Waals surface area contributed by atoms with E-state index >= 15 is 0 Å². The van der Waals surface area contributed by atoms with Gasteiger partial charge in [-0.1, -0.05) is 11.8 Å². The number of benzene rings is 2. The Morgan fingerprint density at radius 3 is 2.49 bits per heavy atom. The van der Waals surface area contributed by atoms with Crippen molar-refractivity contribution in [3.8, 4) is 17.6 Å². The van der Waals surface area contributed by atoms with E-state index in [1.165, 1.54) is 13.3 Å². The molecule has 1 saturated heterocycles. The number of aliphatic hydroxyl groups is 1. The van der Waals surface area contributed by atoms with Crippen LogP contribution in [0, 0.1) is 34.7 Å². The SMILES string of the molecule is COc1ccc2ncc(CF)c(C(O)CCC3(C(=O)O)CCN(CC#Cc4c(F)cc(F)cc4F)CC3)c2c1. The molecule has 4 rings (SSSR count). The molecule has 10 heteroatoms. The fraction of sp³-hybridized carbons (Fsp3) is 0.379. The van der Waals surface area contributed by atoms with Crippen molar-refractivity contribution < 1.29 is 37.3 Å². The molecular formula is C29H28F4N2O4. The number of likely N-dealkylation sites (tertiary alicyclic amines) is 1. The van der Waals surface area contributed by atoms with E-state index in [1.54, 1.807) is 18.2 Å². The monoisotopic (exact) mass is 544 g/mol. The highest BCUT2D eigenvalue weighted by Crippen LogP contribution is 2.40. The summed E-state index contributed by atoms with van der Waals surface area (Å²) in [5, 5.41) is 21.7. The van der Waals surface area contributed by atoms with Gasteiger partial charge in [-0.15, -0.1) is 0 Å². The summed E-state index contributed by atoms with van der Waals surface area (Å²) in [6.45, 7) is 0.0603. The predicted molar refractivity (Wildman–Crippen MR) is 136 cm³/mol. The number of hydrogen-bond acceptors (Lipinski definition) is 5. The Balaban J connectivity index is 1.44. The average molecular weight is 545 g/mol. The smallest absolute Gasteiger partial charge is 0.309 e. The van der Waals surface area contributed by atoms with Gasteiger partial charge in [0.15, 0.2) is 0 Å². The van der Waals surface area contributed by atoms with Crippen LogP contribution in [-0.4, -0.2) is 52.8 Å². The minimum atomic E-state index is -1.12. The summed E-state index contributed by atoms with van der Waals surface area (Å²) in [5.74, 6) is 1.41. The second-order valence-electron chi connectivity index (χ2n) is 9.68. The highest BCUT2D eigenvalue weighted by atomic mass is 19.1. The first-order valence-electron chi connectivity index (χ1n) is 12.5. The third kappa shape index (κ3) is 6.15. The number of halogens is 4. The summed E-state index contributed by atoms with van der Waals surface area (Å²) in [6.07, 6.45) is 1.07. The first kappa shape index (κ1) is 28.3. The van der Waals surface area contributed by atoms with E-state index in [0.717, 1.165) is 0 Å². The van der Waals surface area contributed by atoms with Gasteiger partial charge in [0, 0.05) is 42.4 Å². The number of aromatic nitrogens is 1. The topological polar surface area (TPSA) is 82.9 Å². The zero-order valence-electron chi connectivity index (χ0n) is 21.3. The summed E-state index contributed by atoms with van der Waals surface area (Å²) in [4.78, 5) is 18.4. The van der Waals surface area contributed by atoms with Crippen LogP contribution in [-0.2, 0) is 11.5 Å². The number of piperidine rings is 1. The molecule has 0 spiro atoms. The van der Waals surface area contributed by atoms with Gasteiger partial charge in [-0.2, -0.15) is 0 Å². The number of nitrogens with zero attached hydrogens (tertiary/aromatic N) is 2. The molecule has 1 atom stereocenters. The molecule has 1 unspecified atom stereocenters. The summed E-state index contributed by atoms with van der Waals surface area (Å²) in [5.41, 5.74) is -0.456. The zero-order valence-corrected chi connectivity index (χ0v) is 21.3. The average Bonchev–Trinajstić information content (AvgIpc) is 2.92. The van der Waals surface area contributed by atoms with E-state index < -0.39 is 47.2 Å². The number of fused-ring (bicyclic) bond motifs is 1. The van der Waals surface area contributed by atoms with Crippen LogP contribution in [0.25, 0.3) is 10.9 Å². The van der Waals surface area contributed by atoms with Crippen LogP contribution in [0.4, 0.5) is 17.6 Å². The molecule has 1 aromatic heterocycles. The lowest BCUT2D eigenvalue weighted by atomic mass is 9.74. The number of aliphatic hydroxyl groups excluding tert-OH is 1. The van der Waals surface area contributed by atoms with E-state index in [9.17, 15) is 32.6 Å². The van der Waals surface area contributed by atoms with Gasteiger partial charge in [0.1, 0.15) is 29.9 Å². The first-order chi connectivity index (χ1) is 18.7. The molecule has 1 aliphatic heterocycles. The number of methoxy groups -OCH3 is 1. The van der Waals surface area contributed by atoms with Gasteiger partial charge in [-0.25, -0.2) is 17.6 Å². The summed E-state index contributed by atoms with van der Waals surface area (Å²) in [6, 6.07) is 6.22. The summed E-state index contributed by atoms with van der Waals surface area (Å²) >= 11 is 0. The Hall–Kier alpha value is -3.68. The number of carboxylic acid groups (broad SMARTS) is 1. The minimum absolute atomic E-state index is 0.0958. The quantitative estimate of drug-likeness (QED) is 0.301. The normalized spacial score (nSPS) is 15.9. The van der Waals surface area contributed by atoms with Crippen LogP contribution in [0.2, 0.25) is 0 Å². The van der Waals surface area contributed by atoms with Crippen LogP contribution < -0.4 is 4.74 Å². The lowest BCUT2D eigenvalue weighted by molar-refractivity contribution is -0.153. The van der Waals surface area contributed by atoms with Crippen molar-refractivity contribution in [2.24, 2.45) is 5.41 Å². The Kier molecular flexibility index (Phi) is 8.73. The second kappa shape index (κ2) is 12.0. The summed E-state index contributed by atoms with van der Waals surface area (Å²) in [7, 11) is 1.50. The van der Waals surface area contributed by atoms with E-state index in [1.807, 2.05) is 4.90 Å². The molecule has 0 aliphatic carbocycles. The molecule has 0 bridgehead atoms. The number of carbonyl (C=O) groups is 1. The van der Waals surface area contributed by atoms with Crippen LogP contribution in [0.5, 0.6) is 5.75 Å². The van der Waals surface area contributed by atoms with Crippen molar-refractivity contribution in [2.45, 2.75) is 38.5 Å². The van der Waals surface area contributed by atoms with Crippen molar-refractivity contribution in [1.82, 2.24) is 9.88 Å². The maximum absolute atomic E-state index is 13.8. The highest BCUT2D eigenvalue weighted by molar-refractivity contribution is 5.85. The standard InChI is InChI=1S/C29H28F4N2O4/c1-39-20-4-5-25-22(15-20)27(18(16-30)17-34-25)26(36)6-7-29(28(37)38)8-11-35(12-9-29)10-2-3-21-23(32)13-19(31)14-24(21)33/h4-5,13-15,17,26,36H,6-12,16H2,1H3,(H,37,38). The Bertz CT molecular complexity index is 1400. The molecule has 0 radical (unpaired) electrons. The fourth-order valence-corrected chi connectivity index (χ4v) is 5.03. The predicted octanol–water partition coefficient (Wildman–Crippen LogP) is 5.16. The third-order valence-corrected chi connectivity index (χ3v) is 7.36. The second-order valence-corrected chi connectivity index (χ2v) is 9.68. The number of alkyl halides is 1. The molecule has 2 heterocycles. The third-order valence-electron chi connectivity index (χ3n) is 7.36. The van der Waals surface area contributed by atoms with Crippen LogP contribution >= 0.6 is 0 Å². The van der Waals surface area contributed by atoms with Gasteiger partial charge in [0.25, 0.3) is 0 Å². The van der Waals surface area contributed by atoms with E-state index in [0.29, 0.717) is 47.4 Å². The molecule has 0 saturated carbocycles. The molecule has 0 amide bonds. The fourth-order valence-electron chi connectivity index (χ4n) is 5.03. The summed E-state index contributed by atoms with van der Waals surface area (Å²) < 4.78 is 59.8. The maximum atomic E-state index is 13.8. The van der Waals surface area contributed by atoms with Crippen LogP contribution in [0.3, 0.4) is 0 Å². The molecule has 39 heavy (non-hydrogen) atoms. The van der Waals surface area contributed by atoms with Gasteiger partial charge in [0.05, 0.1) is 36.3 Å². The largest absolute Gasteiger partial charge is 0.497 e. The van der Waals surface area contributed by atoms with Gasteiger partial charge in [-0.3, -0.25) is 14.7 Å². The molecule has 1 aliphatic rings. The number of hydrogen-bond donors (Lipinski definition) is 2. The van der Waals surface area contributed by atoms with Crippen molar-refractivity contribution in [3.63, 3.8) is 0 Å². The van der Waals surface area contributed by atoms with Crippen molar-refractivity contribution in [1.29, 1.82) is 0 Å². The first-order valence-corrected chi connectivity index (χ1v) is 12.5. The lowest BCUT2D eigenvalue weighted by Crippen LogP contribution is -2.44. The van der Waals surface area contributed by atoms with Crippen LogP contribution in [0.15, 0.2) is 36.5 Å².